The minimum absolute atomic E-state index is 0.0606. The number of nitrogens with zero attached hydrogens (tertiary/aromatic N) is 2. The zero-order valence-electron chi connectivity index (χ0n) is 16.6. The topological polar surface area (TPSA) is 93.1 Å². The Balaban J connectivity index is 1.96. The van der Waals surface area contributed by atoms with E-state index < -0.39 is 11.5 Å². The highest BCUT2D eigenvalue weighted by atomic mass is 35.5. The van der Waals surface area contributed by atoms with E-state index in [0.717, 1.165) is 10.2 Å². The average molecular weight is 425 g/mol. The van der Waals surface area contributed by atoms with Crippen LogP contribution in [0.25, 0.3) is 11.3 Å². The molecule has 30 heavy (non-hydrogen) atoms. The first kappa shape index (κ1) is 21.3. The van der Waals surface area contributed by atoms with E-state index in [1.54, 1.807) is 37.3 Å². The first-order valence-corrected chi connectivity index (χ1v) is 9.78. The second-order valence-electron chi connectivity index (χ2n) is 6.68. The smallest absolute Gasteiger partial charge is 0.291 e. The Hall–Kier alpha value is -3.45. The zero-order chi connectivity index (χ0) is 21.7. The maximum Gasteiger partial charge on any atom is 0.291 e. The molecule has 0 radical (unpaired) electrons. The highest BCUT2D eigenvalue weighted by Gasteiger charge is 2.15. The molecular weight excluding hydrogens is 404 g/mol. The van der Waals surface area contributed by atoms with Crippen molar-refractivity contribution >= 4 is 34.8 Å². The summed E-state index contributed by atoms with van der Waals surface area (Å²) in [5.74, 6) is -0.712. The molecule has 0 unspecified atom stereocenters. The molecule has 1 aromatic heterocycles. The molecule has 0 saturated heterocycles. The summed E-state index contributed by atoms with van der Waals surface area (Å²) in [6, 6.07) is 15.7. The Bertz CT molecular complexity index is 1140. The summed E-state index contributed by atoms with van der Waals surface area (Å²) in [4.78, 5) is 37.2. The summed E-state index contributed by atoms with van der Waals surface area (Å²) in [5.41, 5.74) is 2.18. The third-order valence-electron chi connectivity index (χ3n) is 4.42. The third-order valence-corrected chi connectivity index (χ3v) is 4.67. The van der Waals surface area contributed by atoms with Crippen LogP contribution in [0.15, 0.2) is 59.4 Å². The van der Waals surface area contributed by atoms with Crippen molar-refractivity contribution in [3.63, 3.8) is 0 Å². The molecule has 0 saturated carbocycles. The summed E-state index contributed by atoms with van der Waals surface area (Å²) in [7, 11) is 0. The van der Waals surface area contributed by atoms with Gasteiger partial charge in [0.05, 0.1) is 5.69 Å². The number of nitrogens with one attached hydrogen (secondary N) is 2. The van der Waals surface area contributed by atoms with Gasteiger partial charge in [0.25, 0.3) is 5.56 Å². The first-order chi connectivity index (χ1) is 14.4. The van der Waals surface area contributed by atoms with E-state index in [-0.39, 0.29) is 24.6 Å². The standard InChI is InChI=1S/C22H21ClN4O3/c1-3-20(28)25-19-12-18(15-8-10-16(23)11-9-15)26-27(22(19)30)13-21(29)24-17-7-5-4-6-14(17)2/h4-12H,3,13H2,1-2H3,(H,24,29)(H,25,28). The molecule has 0 aliphatic heterocycles. The van der Waals surface area contributed by atoms with Crippen LogP contribution < -0.4 is 16.2 Å². The van der Waals surface area contributed by atoms with Gasteiger partial charge in [-0.2, -0.15) is 5.10 Å². The van der Waals surface area contributed by atoms with Gasteiger partial charge < -0.3 is 10.6 Å². The molecule has 0 aliphatic carbocycles. The zero-order valence-corrected chi connectivity index (χ0v) is 17.4. The van der Waals surface area contributed by atoms with Gasteiger partial charge in [0.15, 0.2) is 0 Å². The summed E-state index contributed by atoms with van der Waals surface area (Å²) < 4.78 is 1.04. The lowest BCUT2D eigenvalue weighted by Gasteiger charge is -2.12. The molecule has 1 heterocycles. The number of para-hydroxylation sites is 1. The number of carbonyl (C=O) groups excluding carboxylic acids is 2. The van der Waals surface area contributed by atoms with E-state index in [0.29, 0.717) is 22.0 Å². The maximum atomic E-state index is 12.8. The molecule has 0 aliphatic rings. The van der Waals surface area contributed by atoms with Crippen molar-refractivity contribution in [2.45, 2.75) is 26.8 Å². The van der Waals surface area contributed by atoms with Crippen LogP contribution in [0.1, 0.15) is 18.9 Å². The highest BCUT2D eigenvalue weighted by molar-refractivity contribution is 6.30. The van der Waals surface area contributed by atoms with E-state index in [1.807, 2.05) is 25.1 Å². The summed E-state index contributed by atoms with van der Waals surface area (Å²) in [6.45, 7) is 3.26. The molecule has 0 fully saturated rings. The van der Waals surface area contributed by atoms with Crippen LogP contribution in [0, 0.1) is 6.92 Å². The van der Waals surface area contributed by atoms with Gasteiger partial charge in [0.2, 0.25) is 11.8 Å². The second kappa shape index (κ2) is 9.37. The molecule has 2 aromatic carbocycles. The van der Waals surface area contributed by atoms with E-state index >= 15 is 0 Å². The first-order valence-electron chi connectivity index (χ1n) is 9.41. The van der Waals surface area contributed by atoms with Gasteiger partial charge in [-0.05, 0) is 36.8 Å². The minimum Gasteiger partial charge on any atom is -0.324 e. The Kier molecular flexibility index (Phi) is 6.64. The number of rotatable bonds is 6. The predicted molar refractivity (Wildman–Crippen MR) is 118 cm³/mol. The maximum absolute atomic E-state index is 12.8. The quantitative estimate of drug-likeness (QED) is 0.628. The van der Waals surface area contributed by atoms with Crippen molar-refractivity contribution < 1.29 is 9.59 Å². The number of aromatic nitrogens is 2. The second-order valence-corrected chi connectivity index (χ2v) is 7.11. The normalized spacial score (nSPS) is 10.5. The molecular formula is C22H21ClN4O3. The monoisotopic (exact) mass is 424 g/mol. The van der Waals surface area contributed by atoms with Gasteiger partial charge in [-0.1, -0.05) is 48.9 Å². The van der Waals surface area contributed by atoms with Crippen molar-refractivity contribution in [1.82, 2.24) is 9.78 Å². The van der Waals surface area contributed by atoms with Gasteiger partial charge in [-0.15, -0.1) is 0 Å². The number of hydrogen-bond donors (Lipinski definition) is 2. The van der Waals surface area contributed by atoms with Gasteiger partial charge in [0.1, 0.15) is 12.2 Å². The van der Waals surface area contributed by atoms with Crippen molar-refractivity contribution in [1.29, 1.82) is 0 Å². The molecule has 0 atom stereocenters. The molecule has 8 heteroatoms. The number of benzene rings is 2. The Labute approximate surface area is 178 Å². The molecule has 3 aromatic rings. The molecule has 0 bridgehead atoms. The van der Waals surface area contributed by atoms with E-state index in [2.05, 4.69) is 15.7 Å². The lowest BCUT2D eigenvalue weighted by molar-refractivity contribution is -0.117. The fourth-order valence-corrected chi connectivity index (χ4v) is 2.90. The molecule has 7 nitrogen and oxygen atoms in total. The number of hydrogen-bond acceptors (Lipinski definition) is 4. The molecule has 0 spiro atoms. The fourth-order valence-electron chi connectivity index (χ4n) is 2.78. The number of halogens is 1. The van der Waals surface area contributed by atoms with Gasteiger partial charge >= 0.3 is 0 Å². The van der Waals surface area contributed by atoms with Crippen LogP contribution >= 0.6 is 11.6 Å². The summed E-state index contributed by atoms with van der Waals surface area (Å²) in [5, 5.41) is 10.2. The van der Waals surface area contributed by atoms with Crippen LogP contribution in [0.5, 0.6) is 0 Å². The van der Waals surface area contributed by atoms with Crippen LogP contribution in [0.2, 0.25) is 5.02 Å². The Morgan fingerprint density at radius 2 is 1.67 bits per heavy atom. The van der Waals surface area contributed by atoms with Crippen molar-refractivity contribution in [3.05, 3.63) is 75.5 Å². The van der Waals surface area contributed by atoms with Crippen molar-refractivity contribution in [3.8, 4) is 11.3 Å². The molecule has 3 rings (SSSR count). The van der Waals surface area contributed by atoms with E-state index in [4.69, 9.17) is 11.6 Å². The number of aryl methyl sites for hydroxylation is 1. The number of carbonyl (C=O) groups is 2. The van der Waals surface area contributed by atoms with Crippen LogP contribution in [0.4, 0.5) is 11.4 Å². The van der Waals surface area contributed by atoms with Crippen LogP contribution in [0.3, 0.4) is 0 Å². The SMILES string of the molecule is CCC(=O)Nc1cc(-c2ccc(Cl)cc2)nn(CC(=O)Nc2ccccc2C)c1=O. The number of amides is 2. The highest BCUT2D eigenvalue weighted by Crippen LogP contribution is 2.21. The van der Waals surface area contributed by atoms with Gasteiger partial charge in [0, 0.05) is 22.7 Å². The fraction of sp³-hybridized carbons (Fsp3) is 0.182. The lowest BCUT2D eigenvalue weighted by atomic mass is 10.1. The van der Waals surface area contributed by atoms with Crippen LogP contribution in [-0.2, 0) is 16.1 Å². The Morgan fingerprint density at radius 1 is 1.00 bits per heavy atom. The minimum atomic E-state index is -0.561. The molecule has 154 valence electrons. The predicted octanol–water partition coefficient (Wildman–Crippen LogP) is 3.86. The largest absolute Gasteiger partial charge is 0.324 e. The Morgan fingerprint density at radius 3 is 2.33 bits per heavy atom. The van der Waals surface area contributed by atoms with Crippen molar-refractivity contribution in [2.24, 2.45) is 0 Å². The van der Waals surface area contributed by atoms with Gasteiger partial charge in [-0.25, -0.2) is 4.68 Å². The van der Waals surface area contributed by atoms with Crippen molar-refractivity contribution in [2.75, 3.05) is 10.6 Å². The molecule has 2 amide bonds. The van der Waals surface area contributed by atoms with Gasteiger partial charge in [-0.3, -0.25) is 14.4 Å². The third kappa shape index (κ3) is 5.12. The summed E-state index contributed by atoms with van der Waals surface area (Å²) >= 11 is 5.95. The summed E-state index contributed by atoms with van der Waals surface area (Å²) in [6.07, 6.45) is 0.214. The van der Waals surface area contributed by atoms with Crippen LogP contribution in [-0.4, -0.2) is 21.6 Å². The average Bonchev–Trinajstić information content (AvgIpc) is 2.73. The van der Waals surface area contributed by atoms with E-state index in [9.17, 15) is 14.4 Å². The lowest BCUT2D eigenvalue weighted by Crippen LogP contribution is -2.32. The number of anilines is 2. The molecule has 2 N–H and O–H groups in total. The van der Waals surface area contributed by atoms with E-state index in [1.165, 1.54) is 6.07 Å².